The van der Waals surface area contributed by atoms with Crippen LogP contribution >= 0.6 is 0 Å². The summed E-state index contributed by atoms with van der Waals surface area (Å²) in [4.78, 5) is 12.2. The predicted octanol–water partition coefficient (Wildman–Crippen LogP) is 4.06. The molecule has 1 fully saturated rings. The first kappa shape index (κ1) is 15.9. The number of amides is 1. The summed E-state index contributed by atoms with van der Waals surface area (Å²) in [6, 6.07) is 8.63. The van der Waals surface area contributed by atoms with Gasteiger partial charge in [0.2, 0.25) is 5.91 Å². The van der Waals surface area contributed by atoms with Crippen molar-refractivity contribution in [1.29, 1.82) is 0 Å². The van der Waals surface area contributed by atoms with Gasteiger partial charge >= 0.3 is 0 Å². The number of carbonyl (C=O) groups excluding carboxylic acids is 1. The normalized spacial score (nSPS) is 18.2. The lowest BCUT2D eigenvalue weighted by atomic mass is 9.98. The number of anilines is 1. The van der Waals surface area contributed by atoms with E-state index >= 15 is 0 Å². The van der Waals surface area contributed by atoms with Gasteiger partial charge in [0, 0.05) is 11.7 Å². The van der Waals surface area contributed by atoms with Crippen LogP contribution in [-0.2, 0) is 4.79 Å². The van der Waals surface area contributed by atoms with Crippen LogP contribution in [0, 0.1) is 0 Å². The molecule has 0 spiro atoms. The molecule has 1 aliphatic rings. The maximum atomic E-state index is 12.2. The van der Waals surface area contributed by atoms with Crippen molar-refractivity contribution in [3.8, 4) is 0 Å². The second kappa shape index (κ2) is 7.48. The Bertz CT molecular complexity index is 449. The van der Waals surface area contributed by atoms with Crippen molar-refractivity contribution in [3.05, 3.63) is 29.8 Å². The van der Waals surface area contributed by atoms with Crippen molar-refractivity contribution in [2.75, 3.05) is 5.32 Å². The highest BCUT2D eigenvalue weighted by atomic mass is 16.2. The van der Waals surface area contributed by atoms with Gasteiger partial charge in [-0.05, 0) is 49.8 Å². The fourth-order valence-corrected chi connectivity index (χ4v) is 2.86. The monoisotopic (exact) mass is 288 g/mol. The van der Waals surface area contributed by atoms with Crippen LogP contribution in [-0.4, -0.2) is 18.0 Å². The summed E-state index contributed by atoms with van der Waals surface area (Å²) in [6.07, 6.45) is 5.88. The fraction of sp³-hybridized carbons (Fsp3) is 0.611. The van der Waals surface area contributed by atoms with E-state index in [0.29, 0.717) is 12.0 Å². The lowest BCUT2D eigenvalue weighted by molar-refractivity contribution is -0.122. The molecule has 1 amide bonds. The number of hydrogen-bond acceptors (Lipinski definition) is 2. The van der Waals surface area contributed by atoms with Gasteiger partial charge in [0.25, 0.3) is 0 Å². The van der Waals surface area contributed by atoms with E-state index in [9.17, 15) is 4.79 Å². The molecule has 0 aromatic heterocycles. The third-order valence-electron chi connectivity index (χ3n) is 4.57. The van der Waals surface area contributed by atoms with Crippen molar-refractivity contribution >= 4 is 11.6 Å². The van der Waals surface area contributed by atoms with Gasteiger partial charge in [-0.1, -0.05) is 38.8 Å². The highest BCUT2D eigenvalue weighted by Crippen LogP contribution is 2.21. The molecule has 1 aromatic carbocycles. The molecule has 1 saturated carbocycles. The smallest absolute Gasteiger partial charge is 0.242 e. The van der Waals surface area contributed by atoms with Gasteiger partial charge in [-0.3, -0.25) is 4.79 Å². The zero-order valence-corrected chi connectivity index (χ0v) is 13.5. The summed E-state index contributed by atoms with van der Waals surface area (Å²) in [6.45, 7) is 6.36. The third-order valence-corrected chi connectivity index (χ3v) is 4.57. The van der Waals surface area contributed by atoms with Gasteiger partial charge in [0.05, 0.1) is 0 Å². The Labute approximate surface area is 128 Å². The maximum Gasteiger partial charge on any atom is 0.242 e. The topological polar surface area (TPSA) is 41.1 Å². The molecule has 0 saturated heterocycles. The van der Waals surface area contributed by atoms with Crippen LogP contribution in [0.25, 0.3) is 0 Å². The van der Waals surface area contributed by atoms with E-state index in [-0.39, 0.29) is 11.9 Å². The SMILES string of the molecule is CC[C@H](C)c1ccc(N[C@@H](C)C(=O)NC2CCCC2)cc1. The van der Waals surface area contributed by atoms with Gasteiger partial charge in [0.15, 0.2) is 0 Å². The number of benzene rings is 1. The molecule has 0 unspecified atom stereocenters. The average Bonchev–Trinajstić information content (AvgIpc) is 3.00. The Hall–Kier alpha value is -1.51. The van der Waals surface area contributed by atoms with Gasteiger partial charge in [0.1, 0.15) is 6.04 Å². The number of carbonyl (C=O) groups is 1. The lowest BCUT2D eigenvalue weighted by Crippen LogP contribution is -2.42. The first-order chi connectivity index (χ1) is 10.1. The first-order valence-corrected chi connectivity index (χ1v) is 8.27. The molecule has 0 radical (unpaired) electrons. The van der Waals surface area contributed by atoms with Crippen molar-refractivity contribution < 1.29 is 4.79 Å². The lowest BCUT2D eigenvalue weighted by Gasteiger charge is -2.19. The van der Waals surface area contributed by atoms with E-state index in [1.807, 2.05) is 6.92 Å². The van der Waals surface area contributed by atoms with Crippen molar-refractivity contribution in [2.45, 2.75) is 70.9 Å². The molecule has 2 N–H and O–H groups in total. The van der Waals surface area contributed by atoms with Crippen molar-refractivity contribution in [3.63, 3.8) is 0 Å². The first-order valence-electron chi connectivity index (χ1n) is 8.27. The van der Waals surface area contributed by atoms with Gasteiger partial charge in [-0.25, -0.2) is 0 Å². The van der Waals surface area contributed by atoms with E-state index < -0.39 is 0 Å². The highest BCUT2D eigenvalue weighted by molar-refractivity contribution is 5.84. The Morgan fingerprint density at radius 3 is 2.38 bits per heavy atom. The molecule has 2 rings (SSSR count). The molecule has 1 aliphatic carbocycles. The summed E-state index contributed by atoms with van der Waals surface area (Å²) in [5.74, 6) is 0.690. The summed E-state index contributed by atoms with van der Waals surface area (Å²) in [7, 11) is 0. The van der Waals surface area contributed by atoms with Crippen LogP contribution in [0.2, 0.25) is 0 Å². The predicted molar refractivity (Wildman–Crippen MR) is 88.6 cm³/mol. The maximum absolute atomic E-state index is 12.2. The minimum absolute atomic E-state index is 0.105. The largest absolute Gasteiger partial charge is 0.374 e. The third kappa shape index (κ3) is 4.48. The van der Waals surface area contributed by atoms with E-state index in [1.165, 1.54) is 18.4 Å². The number of hydrogen-bond donors (Lipinski definition) is 2. The molecule has 0 aliphatic heterocycles. The van der Waals surface area contributed by atoms with Crippen LogP contribution in [0.5, 0.6) is 0 Å². The Morgan fingerprint density at radius 1 is 1.19 bits per heavy atom. The second-order valence-electron chi connectivity index (χ2n) is 6.29. The molecular formula is C18H28N2O. The summed E-state index contributed by atoms with van der Waals surface area (Å²) < 4.78 is 0. The minimum atomic E-state index is -0.194. The zero-order valence-electron chi connectivity index (χ0n) is 13.5. The number of rotatable bonds is 6. The molecule has 3 nitrogen and oxygen atoms in total. The molecule has 21 heavy (non-hydrogen) atoms. The highest BCUT2D eigenvalue weighted by Gasteiger charge is 2.20. The number of nitrogens with one attached hydrogen (secondary N) is 2. The molecule has 116 valence electrons. The van der Waals surface area contributed by atoms with Crippen molar-refractivity contribution in [2.24, 2.45) is 0 Å². The molecule has 0 heterocycles. The molecular weight excluding hydrogens is 260 g/mol. The summed E-state index contributed by atoms with van der Waals surface area (Å²) >= 11 is 0. The Morgan fingerprint density at radius 2 is 1.81 bits per heavy atom. The molecule has 3 heteroatoms. The summed E-state index contributed by atoms with van der Waals surface area (Å²) in [5.41, 5.74) is 2.36. The van der Waals surface area contributed by atoms with E-state index in [0.717, 1.165) is 24.9 Å². The van der Waals surface area contributed by atoms with E-state index in [2.05, 4.69) is 48.7 Å². The standard InChI is InChI=1S/C18H28N2O/c1-4-13(2)15-9-11-17(12-10-15)19-14(3)18(21)20-16-7-5-6-8-16/h9-14,16,19H,4-8H2,1-3H3,(H,20,21)/t13-,14-/m0/s1. The summed E-state index contributed by atoms with van der Waals surface area (Å²) in [5, 5.41) is 6.42. The van der Waals surface area contributed by atoms with E-state index in [1.54, 1.807) is 0 Å². The minimum Gasteiger partial charge on any atom is -0.374 e. The molecule has 0 bridgehead atoms. The second-order valence-corrected chi connectivity index (χ2v) is 6.29. The van der Waals surface area contributed by atoms with Crippen LogP contribution in [0.3, 0.4) is 0 Å². The van der Waals surface area contributed by atoms with Gasteiger partial charge < -0.3 is 10.6 Å². The van der Waals surface area contributed by atoms with Crippen LogP contribution in [0.4, 0.5) is 5.69 Å². The fourth-order valence-electron chi connectivity index (χ4n) is 2.86. The Kier molecular flexibility index (Phi) is 5.66. The van der Waals surface area contributed by atoms with E-state index in [4.69, 9.17) is 0 Å². The average molecular weight is 288 g/mol. The van der Waals surface area contributed by atoms with Crippen molar-refractivity contribution in [1.82, 2.24) is 5.32 Å². The van der Waals surface area contributed by atoms with Gasteiger partial charge in [-0.2, -0.15) is 0 Å². The van der Waals surface area contributed by atoms with Gasteiger partial charge in [-0.15, -0.1) is 0 Å². The van der Waals surface area contributed by atoms with Crippen LogP contribution in [0.15, 0.2) is 24.3 Å². The van der Waals surface area contributed by atoms with Crippen LogP contribution < -0.4 is 10.6 Å². The quantitative estimate of drug-likeness (QED) is 0.829. The molecule has 1 aromatic rings. The Balaban J connectivity index is 1.86. The zero-order chi connectivity index (χ0) is 15.2. The van der Waals surface area contributed by atoms with Crippen LogP contribution in [0.1, 0.15) is 64.4 Å². The molecule has 2 atom stereocenters.